The Hall–Kier alpha value is -0.823. The molecule has 0 aromatic carbocycles. The molecule has 0 aromatic rings. The van der Waals surface area contributed by atoms with Gasteiger partial charge in [0.1, 0.15) is 0 Å². The largest absolute Gasteiger partial charge is 0.0840 e. The molecule has 1 heteroatoms. The van der Waals surface area contributed by atoms with Crippen LogP contribution in [0.2, 0.25) is 5.04 Å². The molecule has 0 fully saturated rings. The van der Waals surface area contributed by atoms with Crippen LogP contribution in [0, 0.1) is 5.41 Å². The summed E-state index contributed by atoms with van der Waals surface area (Å²) in [6, 6.07) is 0. The molecule has 200 valence electrons. The van der Waals surface area contributed by atoms with E-state index in [0.29, 0.717) is 10.5 Å². The molecule has 0 spiro atoms. The van der Waals surface area contributed by atoms with E-state index in [1.54, 1.807) is 16.7 Å². The normalized spacial score (nSPS) is 24.6. The highest BCUT2D eigenvalue weighted by Gasteiger charge is 2.40. The van der Waals surface area contributed by atoms with Crippen molar-refractivity contribution in [2.75, 3.05) is 0 Å². The maximum Gasteiger partial charge on any atom is 0.0619 e. The summed E-state index contributed by atoms with van der Waals surface area (Å²) in [5.41, 5.74) is 5.27. The molecule has 35 heavy (non-hydrogen) atoms. The van der Waals surface area contributed by atoms with Crippen molar-refractivity contribution in [3.05, 3.63) is 46.2 Å². The smallest absolute Gasteiger partial charge is 0.0619 e. The molecule has 0 aliphatic heterocycles. The van der Waals surface area contributed by atoms with Gasteiger partial charge in [-0.3, -0.25) is 0 Å². The number of hydrogen-bond acceptors (Lipinski definition) is 0. The van der Waals surface area contributed by atoms with Crippen molar-refractivity contribution in [1.29, 1.82) is 0 Å². The molecule has 0 bridgehead atoms. The van der Waals surface area contributed by atoms with Crippen LogP contribution in [0.3, 0.4) is 0 Å². The minimum atomic E-state index is -0.337. The van der Waals surface area contributed by atoms with Gasteiger partial charge < -0.3 is 0 Å². The molecule has 2 aliphatic carbocycles. The maximum absolute atomic E-state index is 2.58. The Morgan fingerprint density at radius 1 is 0.657 bits per heavy atom. The molecule has 0 N–H and O–H groups in total. The van der Waals surface area contributed by atoms with Gasteiger partial charge in [0.2, 0.25) is 0 Å². The van der Waals surface area contributed by atoms with Gasteiger partial charge >= 0.3 is 0 Å². The molecule has 0 nitrogen and oxygen atoms in total. The lowest BCUT2D eigenvalue weighted by atomic mass is 9.79. The zero-order valence-corrected chi connectivity index (χ0v) is 26.2. The van der Waals surface area contributed by atoms with E-state index >= 15 is 0 Å². The minimum Gasteiger partial charge on any atom is -0.0840 e. The average Bonchev–Trinajstić information content (AvgIpc) is 3.00. The lowest BCUT2D eigenvalue weighted by Crippen LogP contribution is -2.28. The summed E-state index contributed by atoms with van der Waals surface area (Å²) in [5, 5.41) is 2.29. The van der Waals surface area contributed by atoms with E-state index < -0.39 is 0 Å². The van der Waals surface area contributed by atoms with Gasteiger partial charge in [-0.15, -0.1) is 0 Å². The quantitative estimate of drug-likeness (QED) is 0.123. The zero-order valence-electron chi connectivity index (χ0n) is 24.7. The third-order valence-corrected chi connectivity index (χ3v) is 12.5. The second kappa shape index (κ2) is 16.1. The third-order valence-electron chi connectivity index (χ3n) is 9.51. The Morgan fingerprint density at radius 2 is 1.14 bits per heavy atom. The number of rotatable bonds is 19. The van der Waals surface area contributed by atoms with Gasteiger partial charge in [-0.05, 0) is 44.2 Å². The Kier molecular flexibility index (Phi) is 14.0. The second-order valence-electron chi connectivity index (χ2n) is 12.6. The van der Waals surface area contributed by atoms with Crippen molar-refractivity contribution < 1.29 is 0 Å². The maximum atomic E-state index is 2.58. The molecule has 2 atom stereocenters. The van der Waals surface area contributed by atoms with Crippen LogP contribution in [0.25, 0.3) is 0 Å². The molecular formula is C34H60Si. The van der Waals surface area contributed by atoms with E-state index in [1.165, 1.54) is 116 Å². The van der Waals surface area contributed by atoms with E-state index in [1.807, 2.05) is 5.20 Å². The van der Waals surface area contributed by atoms with Gasteiger partial charge in [0.25, 0.3) is 0 Å². The van der Waals surface area contributed by atoms with Gasteiger partial charge in [-0.1, -0.05) is 164 Å². The number of hydrogen-bond donors (Lipinski definition) is 0. The summed E-state index contributed by atoms with van der Waals surface area (Å²) in [4.78, 5) is 0. The van der Waals surface area contributed by atoms with Crippen LogP contribution in [0.1, 0.15) is 157 Å². The zero-order chi connectivity index (χ0) is 25.6. The van der Waals surface area contributed by atoms with Crippen LogP contribution in [0.15, 0.2) is 46.2 Å². The van der Waals surface area contributed by atoms with Gasteiger partial charge in [0, 0.05) is 5.41 Å². The summed E-state index contributed by atoms with van der Waals surface area (Å²) in [6.07, 6.45) is 35.2. The first-order valence-electron chi connectivity index (χ1n) is 15.6. The molecule has 2 unspecified atom stereocenters. The van der Waals surface area contributed by atoms with Crippen molar-refractivity contribution in [3.63, 3.8) is 0 Å². The molecule has 0 heterocycles. The van der Waals surface area contributed by atoms with E-state index in [4.69, 9.17) is 0 Å². The van der Waals surface area contributed by atoms with Gasteiger partial charge in [-0.2, -0.15) is 0 Å². The molecule has 2 rings (SSSR count). The highest BCUT2D eigenvalue weighted by molar-refractivity contribution is 6.51. The molecule has 0 radical (unpaired) electrons. The van der Waals surface area contributed by atoms with Crippen molar-refractivity contribution >= 4 is 9.52 Å². The van der Waals surface area contributed by atoms with Crippen LogP contribution in [0.4, 0.5) is 0 Å². The van der Waals surface area contributed by atoms with E-state index in [2.05, 4.69) is 65.8 Å². The fourth-order valence-electron chi connectivity index (χ4n) is 6.56. The SMILES string of the molecule is CCCCCCCCCCCCCCCCCCC1(C)C(C)=C(C)C(C)=C1[SiH2]C1(C)C=CC=CC1. The molecule has 0 aromatic heterocycles. The third kappa shape index (κ3) is 9.86. The summed E-state index contributed by atoms with van der Waals surface area (Å²) in [5.74, 6) is 0. The van der Waals surface area contributed by atoms with Crippen molar-refractivity contribution in [2.24, 2.45) is 5.41 Å². The Morgan fingerprint density at radius 3 is 1.60 bits per heavy atom. The van der Waals surface area contributed by atoms with Crippen LogP contribution >= 0.6 is 0 Å². The summed E-state index contributed by atoms with van der Waals surface area (Å²) in [7, 11) is -0.337. The first-order valence-corrected chi connectivity index (χ1v) is 17.0. The Labute approximate surface area is 223 Å². The van der Waals surface area contributed by atoms with Crippen LogP contribution in [-0.4, -0.2) is 9.52 Å². The topological polar surface area (TPSA) is 0 Å². The lowest BCUT2D eigenvalue weighted by Gasteiger charge is -2.36. The highest BCUT2D eigenvalue weighted by Crippen LogP contribution is 2.52. The van der Waals surface area contributed by atoms with Gasteiger partial charge in [-0.25, -0.2) is 0 Å². The standard InChI is InChI=1S/C34H60Si/c1-7-8-9-10-11-12-13-14-15-16-17-18-19-20-21-25-28-34(6)31(4)29(2)30(3)32(34)35-33(5)26-23-22-24-27-33/h22-24,26H,7-21,25,27-28,35H2,1-6H3. The second-order valence-corrected chi connectivity index (χ2v) is 15.2. The molecule has 2 aliphatic rings. The Balaban J connectivity index is 1.58. The number of unbranched alkanes of at least 4 members (excludes halogenated alkanes) is 15. The van der Waals surface area contributed by atoms with Crippen LogP contribution in [-0.2, 0) is 0 Å². The predicted molar refractivity (Wildman–Crippen MR) is 163 cm³/mol. The summed E-state index contributed by atoms with van der Waals surface area (Å²) >= 11 is 0. The van der Waals surface area contributed by atoms with E-state index in [0.717, 1.165) is 0 Å². The van der Waals surface area contributed by atoms with Crippen LogP contribution < -0.4 is 0 Å². The minimum absolute atomic E-state index is 0.337. The van der Waals surface area contributed by atoms with Crippen molar-refractivity contribution in [2.45, 2.75) is 162 Å². The molecule has 0 amide bonds. The summed E-state index contributed by atoms with van der Waals surface area (Å²) < 4.78 is 0. The predicted octanol–water partition coefficient (Wildman–Crippen LogP) is 11.1. The highest BCUT2D eigenvalue weighted by atomic mass is 28.2. The van der Waals surface area contributed by atoms with Gasteiger partial charge in [0.05, 0.1) is 9.52 Å². The fourth-order valence-corrected chi connectivity index (χ4v) is 9.30. The monoisotopic (exact) mass is 496 g/mol. The van der Waals surface area contributed by atoms with Crippen LogP contribution in [0.5, 0.6) is 0 Å². The first-order chi connectivity index (χ1) is 16.8. The van der Waals surface area contributed by atoms with Crippen molar-refractivity contribution in [3.8, 4) is 0 Å². The fraction of sp³-hybridized carbons (Fsp3) is 0.765. The average molecular weight is 497 g/mol. The molecule has 0 saturated carbocycles. The van der Waals surface area contributed by atoms with E-state index in [-0.39, 0.29) is 9.52 Å². The van der Waals surface area contributed by atoms with E-state index in [9.17, 15) is 0 Å². The molecule has 0 saturated heterocycles. The Bertz CT molecular complexity index is 736. The van der Waals surface area contributed by atoms with Gasteiger partial charge in [0.15, 0.2) is 0 Å². The summed E-state index contributed by atoms with van der Waals surface area (Å²) in [6.45, 7) is 14.6. The first kappa shape index (κ1) is 30.4. The lowest BCUT2D eigenvalue weighted by molar-refractivity contribution is 0.425. The van der Waals surface area contributed by atoms with Crippen molar-refractivity contribution in [1.82, 2.24) is 0 Å². The molecular weight excluding hydrogens is 436 g/mol. The number of allylic oxidation sites excluding steroid dienone is 8.